The molecule has 1 heterocycles. The summed E-state index contributed by atoms with van der Waals surface area (Å²) in [7, 11) is 0. The highest BCUT2D eigenvalue weighted by molar-refractivity contribution is 5.80. The normalized spacial score (nSPS) is 10.7. The number of aromatic nitrogens is 1. The van der Waals surface area contributed by atoms with Gasteiger partial charge in [0.05, 0.1) is 11.2 Å². The predicted molar refractivity (Wildman–Crippen MR) is 83.1 cm³/mol. The van der Waals surface area contributed by atoms with Gasteiger partial charge < -0.3 is 0 Å². The van der Waals surface area contributed by atoms with Crippen LogP contribution in [-0.2, 0) is 0 Å². The van der Waals surface area contributed by atoms with Crippen molar-refractivity contribution in [2.45, 2.75) is 13.8 Å². The lowest BCUT2D eigenvalue weighted by molar-refractivity contribution is 0.991. The van der Waals surface area contributed by atoms with Gasteiger partial charge in [-0.1, -0.05) is 29.3 Å². The minimum atomic E-state index is 0.0469. The Balaban J connectivity index is 2.10. The van der Waals surface area contributed by atoms with Gasteiger partial charge in [-0.15, -0.1) is 0 Å². The fourth-order valence-corrected chi connectivity index (χ4v) is 2.23. The molecule has 0 spiro atoms. The average Bonchev–Trinajstić information content (AvgIpc) is 2.44. The van der Waals surface area contributed by atoms with Crippen LogP contribution in [0.5, 0.6) is 0 Å². The van der Waals surface area contributed by atoms with Gasteiger partial charge in [0.2, 0.25) is 0 Å². The smallest absolute Gasteiger partial charge is 0.189 e. The molecule has 0 bridgehead atoms. The Morgan fingerprint density at radius 3 is 2.35 bits per heavy atom. The summed E-state index contributed by atoms with van der Waals surface area (Å²) in [4.78, 5) is 11.9. The van der Waals surface area contributed by atoms with Gasteiger partial charge >= 0.3 is 0 Å². The van der Waals surface area contributed by atoms with E-state index >= 15 is 0 Å². The summed E-state index contributed by atoms with van der Waals surface area (Å²) in [5.74, 6) is 0. The predicted octanol–water partition coefficient (Wildman–Crippen LogP) is 3.49. The maximum absolute atomic E-state index is 11.9. The highest BCUT2D eigenvalue weighted by Gasteiger charge is 2.03. The molecule has 0 saturated heterocycles. The Morgan fingerprint density at radius 1 is 0.900 bits per heavy atom. The molecule has 3 nitrogen and oxygen atoms in total. The molecule has 100 valence electrons. The summed E-state index contributed by atoms with van der Waals surface area (Å²) in [6, 6.07) is 15.6. The molecular weight excluding hydrogens is 248 g/mol. The Kier molecular flexibility index (Phi) is 3.03. The zero-order valence-corrected chi connectivity index (χ0v) is 11.6. The van der Waals surface area contributed by atoms with Crippen LogP contribution >= 0.6 is 0 Å². The molecule has 2 aromatic carbocycles. The number of hydrogen-bond donors (Lipinski definition) is 1. The number of nitrogens with one attached hydrogen (secondary N) is 1. The van der Waals surface area contributed by atoms with Gasteiger partial charge in [-0.2, -0.15) is 0 Å². The second-order valence-electron chi connectivity index (χ2n) is 5.05. The minimum Gasteiger partial charge on any atom is -0.294 e. The summed E-state index contributed by atoms with van der Waals surface area (Å²) in [5, 5.41) is 0.729. The number of fused-ring (bicyclic) bond motifs is 1. The van der Waals surface area contributed by atoms with Crippen molar-refractivity contribution in [2.24, 2.45) is 0 Å². The first-order valence-corrected chi connectivity index (χ1v) is 6.59. The zero-order chi connectivity index (χ0) is 14.1. The molecule has 3 heteroatoms. The van der Waals surface area contributed by atoms with E-state index in [-0.39, 0.29) is 5.43 Å². The van der Waals surface area contributed by atoms with Crippen molar-refractivity contribution in [3.05, 3.63) is 76.1 Å². The van der Waals surface area contributed by atoms with Gasteiger partial charge in [0.25, 0.3) is 0 Å². The Bertz CT molecular complexity index is 817. The van der Waals surface area contributed by atoms with E-state index in [4.69, 9.17) is 0 Å². The first kappa shape index (κ1) is 12.5. The molecular formula is C17H16N2O. The van der Waals surface area contributed by atoms with Crippen LogP contribution in [-0.4, -0.2) is 4.68 Å². The largest absolute Gasteiger partial charge is 0.294 e. The molecule has 0 aliphatic carbocycles. The summed E-state index contributed by atoms with van der Waals surface area (Å²) in [6.07, 6.45) is 1.76. The third-order valence-electron chi connectivity index (χ3n) is 3.35. The van der Waals surface area contributed by atoms with Gasteiger partial charge in [-0.05, 0) is 38.1 Å². The Labute approximate surface area is 117 Å². The van der Waals surface area contributed by atoms with Crippen molar-refractivity contribution in [1.82, 2.24) is 4.68 Å². The lowest BCUT2D eigenvalue weighted by Crippen LogP contribution is -2.14. The van der Waals surface area contributed by atoms with Crippen LogP contribution in [0.25, 0.3) is 10.9 Å². The quantitative estimate of drug-likeness (QED) is 0.768. The lowest BCUT2D eigenvalue weighted by atomic mass is 10.1. The second kappa shape index (κ2) is 4.85. The molecule has 20 heavy (non-hydrogen) atoms. The van der Waals surface area contributed by atoms with E-state index in [1.165, 1.54) is 5.56 Å². The van der Waals surface area contributed by atoms with E-state index in [0.29, 0.717) is 0 Å². The Morgan fingerprint density at radius 2 is 1.60 bits per heavy atom. The molecule has 0 amide bonds. The molecule has 1 aromatic heterocycles. The maximum Gasteiger partial charge on any atom is 0.189 e. The number of pyridine rings is 1. The lowest BCUT2D eigenvalue weighted by Gasteiger charge is -2.13. The van der Waals surface area contributed by atoms with E-state index in [2.05, 4.69) is 24.5 Å². The molecule has 0 unspecified atom stereocenters. The van der Waals surface area contributed by atoms with Crippen LogP contribution in [0.2, 0.25) is 0 Å². The molecule has 0 atom stereocenters. The van der Waals surface area contributed by atoms with Crippen molar-refractivity contribution >= 4 is 16.6 Å². The van der Waals surface area contributed by atoms with E-state index in [9.17, 15) is 4.79 Å². The third-order valence-corrected chi connectivity index (χ3v) is 3.35. The van der Waals surface area contributed by atoms with Gasteiger partial charge in [0, 0.05) is 17.6 Å². The minimum absolute atomic E-state index is 0.0469. The van der Waals surface area contributed by atoms with Crippen LogP contribution in [0.15, 0.2) is 59.5 Å². The number of nitrogens with zero attached hydrogens (tertiary/aromatic N) is 1. The van der Waals surface area contributed by atoms with Crippen LogP contribution in [0.3, 0.4) is 0 Å². The zero-order valence-electron chi connectivity index (χ0n) is 11.6. The average molecular weight is 264 g/mol. The summed E-state index contributed by atoms with van der Waals surface area (Å²) >= 11 is 0. The molecule has 3 aromatic rings. The van der Waals surface area contributed by atoms with Crippen molar-refractivity contribution in [3.63, 3.8) is 0 Å². The topological polar surface area (TPSA) is 34.0 Å². The molecule has 0 aliphatic rings. The highest BCUT2D eigenvalue weighted by Crippen LogP contribution is 2.14. The third kappa shape index (κ3) is 2.30. The maximum atomic E-state index is 11.9. The standard InChI is InChI=1S/C17H16N2O/c1-12-3-6-14(7-4-12)18-19-10-9-17(20)15-11-13(2)5-8-16(15)19/h3-11,18H,1-2H3. The molecule has 1 N–H and O–H groups in total. The fourth-order valence-electron chi connectivity index (χ4n) is 2.23. The van der Waals surface area contributed by atoms with Crippen LogP contribution in [0.1, 0.15) is 11.1 Å². The second-order valence-corrected chi connectivity index (χ2v) is 5.05. The number of aryl methyl sites for hydroxylation is 2. The van der Waals surface area contributed by atoms with Gasteiger partial charge in [0.15, 0.2) is 5.43 Å². The number of benzene rings is 2. The molecule has 3 rings (SSSR count). The van der Waals surface area contributed by atoms with Crippen LogP contribution < -0.4 is 10.9 Å². The fraction of sp³-hybridized carbons (Fsp3) is 0.118. The van der Waals surface area contributed by atoms with E-state index < -0.39 is 0 Å². The molecule has 0 aliphatic heterocycles. The van der Waals surface area contributed by atoms with Crippen molar-refractivity contribution in [1.29, 1.82) is 0 Å². The summed E-state index contributed by atoms with van der Waals surface area (Å²) in [5.41, 5.74) is 7.52. The first-order valence-electron chi connectivity index (χ1n) is 6.59. The summed E-state index contributed by atoms with van der Waals surface area (Å²) < 4.78 is 1.88. The van der Waals surface area contributed by atoms with Crippen LogP contribution in [0.4, 0.5) is 5.69 Å². The highest BCUT2D eigenvalue weighted by atomic mass is 16.1. The van der Waals surface area contributed by atoms with E-state index in [1.807, 2.05) is 41.9 Å². The van der Waals surface area contributed by atoms with E-state index in [1.54, 1.807) is 12.3 Å². The van der Waals surface area contributed by atoms with Gasteiger partial charge in [0.1, 0.15) is 0 Å². The number of rotatable bonds is 2. The van der Waals surface area contributed by atoms with Crippen molar-refractivity contribution < 1.29 is 0 Å². The van der Waals surface area contributed by atoms with Gasteiger partial charge in [-0.25, -0.2) is 0 Å². The van der Waals surface area contributed by atoms with Crippen LogP contribution in [0, 0.1) is 13.8 Å². The first-order chi connectivity index (χ1) is 9.63. The SMILES string of the molecule is Cc1ccc(Nn2ccc(=O)c3cc(C)ccc32)cc1. The van der Waals surface area contributed by atoms with E-state index in [0.717, 1.165) is 22.2 Å². The molecule has 0 fully saturated rings. The van der Waals surface area contributed by atoms with Crippen molar-refractivity contribution in [2.75, 3.05) is 5.43 Å². The monoisotopic (exact) mass is 264 g/mol. The number of anilines is 1. The van der Waals surface area contributed by atoms with Gasteiger partial charge in [-0.3, -0.25) is 14.9 Å². The summed E-state index contributed by atoms with van der Waals surface area (Å²) in [6.45, 7) is 4.05. The molecule has 0 saturated carbocycles. The van der Waals surface area contributed by atoms with Crippen molar-refractivity contribution in [3.8, 4) is 0 Å². The molecule has 0 radical (unpaired) electrons. The Hall–Kier alpha value is -2.55. The number of hydrogen-bond acceptors (Lipinski definition) is 2.